The number of aromatic nitrogens is 1. The third kappa shape index (κ3) is 2.73. The Morgan fingerprint density at radius 3 is 2.94 bits per heavy atom. The first-order chi connectivity index (χ1) is 8.28. The second-order valence-corrected chi connectivity index (χ2v) is 4.22. The molecule has 0 unspecified atom stereocenters. The molecule has 1 aliphatic heterocycles. The van der Waals surface area contributed by atoms with Gasteiger partial charge in [-0.1, -0.05) is 0 Å². The summed E-state index contributed by atoms with van der Waals surface area (Å²) in [6, 6.07) is 5.48. The minimum absolute atomic E-state index is 0.0561. The van der Waals surface area contributed by atoms with E-state index in [9.17, 15) is 5.11 Å². The third-order valence-electron chi connectivity index (χ3n) is 3.04. The summed E-state index contributed by atoms with van der Waals surface area (Å²) in [5.74, 6) is 0. The summed E-state index contributed by atoms with van der Waals surface area (Å²) >= 11 is 0. The summed E-state index contributed by atoms with van der Waals surface area (Å²) in [6.07, 6.45) is 3.10. The van der Waals surface area contributed by atoms with Crippen LogP contribution in [0.4, 0.5) is 5.69 Å². The fraction of sp³-hybridized carbons (Fsp3) is 0.500. The van der Waals surface area contributed by atoms with Gasteiger partial charge in [0.05, 0.1) is 12.1 Å². The summed E-state index contributed by atoms with van der Waals surface area (Å²) in [4.78, 5) is 3.91. The van der Waals surface area contributed by atoms with E-state index in [4.69, 9.17) is 10.00 Å². The van der Waals surface area contributed by atoms with Crippen molar-refractivity contribution in [3.05, 3.63) is 24.0 Å². The first-order valence-electron chi connectivity index (χ1n) is 5.61. The number of rotatable bonds is 3. The Bertz CT molecular complexity index is 422. The van der Waals surface area contributed by atoms with Gasteiger partial charge in [-0.15, -0.1) is 0 Å². The quantitative estimate of drug-likeness (QED) is 0.811. The maximum Gasteiger partial charge on any atom is 0.142 e. The number of aliphatic hydroxyl groups excluding tert-OH is 1. The van der Waals surface area contributed by atoms with Crippen LogP contribution in [0.15, 0.2) is 18.3 Å². The third-order valence-corrected chi connectivity index (χ3v) is 3.04. The Kier molecular flexibility index (Phi) is 3.57. The van der Waals surface area contributed by atoms with Gasteiger partial charge in [0, 0.05) is 25.1 Å². The zero-order chi connectivity index (χ0) is 12.1. The zero-order valence-electron chi connectivity index (χ0n) is 9.52. The molecule has 0 atom stereocenters. The summed E-state index contributed by atoms with van der Waals surface area (Å²) in [5, 5.41) is 21.6. The highest BCUT2D eigenvalue weighted by atomic mass is 16.5. The highest BCUT2D eigenvalue weighted by Gasteiger charge is 2.31. The van der Waals surface area contributed by atoms with E-state index in [1.165, 1.54) is 0 Å². The number of nitrogens with one attached hydrogen (secondary N) is 1. The van der Waals surface area contributed by atoms with Crippen molar-refractivity contribution in [2.45, 2.75) is 18.4 Å². The molecule has 5 nitrogen and oxygen atoms in total. The van der Waals surface area contributed by atoms with Crippen molar-refractivity contribution in [1.29, 1.82) is 5.26 Å². The van der Waals surface area contributed by atoms with Crippen molar-refractivity contribution in [2.75, 3.05) is 25.1 Å². The lowest BCUT2D eigenvalue weighted by Crippen LogP contribution is -2.46. The van der Waals surface area contributed by atoms with Crippen LogP contribution in [0.2, 0.25) is 0 Å². The molecule has 1 saturated heterocycles. The van der Waals surface area contributed by atoms with Gasteiger partial charge in [0.15, 0.2) is 0 Å². The molecule has 1 aliphatic rings. The van der Waals surface area contributed by atoms with Crippen LogP contribution in [0.25, 0.3) is 0 Å². The minimum atomic E-state index is -0.341. The van der Waals surface area contributed by atoms with Crippen molar-refractivity contribution in [3.63, 3.8) is 0 Å². The molecule has 0 bridgehead atoms. The SMILES string of the molecule is N#Cc1cc(NC2(CO)CCOCC2)ccn1. The Balaban J connectivity index is 2.14. The fourth-order valence-electron chi connectivity index (χ4n) is 1.96. The van der Waals surface area contributed by atoms with E-state index in [0.29, 0.717) is 18.9 Å². The largest absolute Gasteiger partial charge is 0.394 e. The van der Waals surface area contributed by atoms with E-state index in [2.05, 4.69) is 10.3 Å². The lowest BCUT2D eigenvalue weighted by atomic mass is 9.90. The normalized spacial score (nSPS) is 18.4. The van der Waals surface area contributed by atoms with Crippen LogP contribution in [-0.2, 0) is 4.74 Å². The van der Waals surface area contributed by atoms with Crippen LogP contribution < -0.4 is 5.32 Å². The van der Waals surface area contributed by atoms with Crippen LogP contribution in [0, 0.1) is 11.3 Å². The lowest BCUT2D eigenvalue weighted by molar-refractivity contribution is 0.0380. The Labute approximate surface area is 100 Å². The first kappa shape index (κ1) is 11.8. The van der Waals surface area contributed by atoms with Gasteiger partial charge in [0.1, 0.15) is 11.8 Å². The van der Waals surface area contributed by atoms with E-state index >= 15 is 0 Å². The number of aliphatic hydroxyl groups is 1. The average Bonchev–Trinajstić information content (AvgIpc) is 2.40. The number of nitriles is 1. The second-order valence-electron chi connectivity index (χ2n) is 4.22. The molecule has 2 N–H and O–H groups in total. The molecule has 0 radical (unpaired) electrons. The van der Waals surface area contributed by atoms with Crippen LogP contribution in [-0.4, -0.2) is 35.5 Å². The number of hydrogen-bond donors (Lipinski definition) is 2. The highest BCUT2D eigenvalue weighted by molar-refractivity contribution is 5.48. The van der Waals surface area contributed by atoms with E-state index < -0.39 is 0 Å². The molecule has 2 heterocycles. The molecule has 0 saturated carbocycles. The molecule has 17 heavy (non-hydrogen) atoms. The molecule has 0 aliphatic carbocycles. The molecule has 5 heteroatoms. The zero-order valence-corrected chi connectivity index (χ0v) is 9.52. The molecule has 0 amide bonds. The molecule has 1 aromatic heterocycles. The van der Waals surface area contributed by atoms with Crippen LogP contribution in [0.1, 0.15) is 18.5 Å². The molecular weight excluding hydrogens is 218 g/mol. The number of nitrogens with zero attached hydrogens (tertiary/aromatic N) is 2. The number of ether oxygens (including phenoxy) is 1. The summed E-state index contributed by atoms with van der Waals surface area (Å²) in [6.45, 7) is 1.34. The molecule has 2 rings (SSSR count). The second kappa shape index (κ2) is 5.13. The highest BCUT2D eigenvalue weighted by Crippen LogP contribution is 2.25. The summed E-state index contributed by atoms with van der Waals surface area (Å²) in [5.41, 5.74) is 0.842. The van der Waals surface area contributed by atoms with Gasteiger partial charge in [-0.05, 0) is 25.0 Å². The van der Waals surface area contributed by atoms with E-state index in [0.717, 1.165) is 18.5 Å². The number of hydrogen-bond acceptors (Lipinski definition) is 5. The van der Waals surface area contributed by atoms with Crippen LogP contribution in [0.5, 0.6) is 0 Å². The van der Waals surface area contributed by atoms with Gasteiger partial charge >= 0.3 is 0 Å². The molecule has 1 fully saturated rings. The standard InChI is InChI=1S/C12H15N3O2/c13-8-11-7-10(1-4-14-11)15-12(9-16)2-5-17-6-3-12/h1,4,7,16H,2-3,5-6,9H2,(H,14,15). The van der Waals surface area contributed by atoms with Crippen molar-refractivity contribution in [3.8, 4) is 6.07 Å². The van der Waals surface area contributed by atoms with Crippen molar-refractivity contribution >= 4 is 5.69 Å². The first-order valence-corrected chi connectivity index (χ1v) is 5.61. The van der Waals surface area contributed by atoms with Gasteiger partial charge in [0.25, 0.3) is 0 Å². The maximum atomic E-state index is 9.53. The van der Waals surface area contributed by atoms with Crippen molar-refractivity contribution in [2.24, 2.45) is 0 Å². The molecular formula is C12H15N3O2. The van der Waals surface area contributed by atoms with Gasteiger partial charge < -0.3 is 15.2 Å². The van der Waals surface area contributed by atoms with Crippen molar-refractivity contribution < 1.29 is 9.84 Å². The average molecular weight is 233 g/mol. The Morgan fingerprint density at radius 1 is 1.53 bits per heavy atom. The van der Waals surface area contributed by atoms with E-state index in [-0.39, 0.29) is 12.1 Å². The van der Waals surface area contributed by atoms with Gasteiger partial charge in [-0.25, -0.2) is 4.98 Å². The number of anilines is 1. The van der Waals surface area contributed by atoms with Gasteiger partial charge in [-0.2, -0.15) is 5.26 Å². The molecule has 1 aromatic rings. The summed E-state index contributed by atoms with van der Waals surface area (Å²) in [7, 11) is 0. The number of pyridine rings is 1. The molecule has 90 valence electrons. The predicted octanol–water partition coefficient (Wildman–Crippen LogP) is 0.907. The van der Waals surface area contributed by atoms with E-state index in [1.54, 1.807) is 18.3 Å². The lowest BCUT2D eigenvalue weighted by Gasteiger charge is -2.37. The minimum Gasteiger partial charge on any atom is -0.394 e. The molecule has 0 spiro atoms. The monoisotopic (exact) mass is 233 g/mol. The topological polar surface area (TPSA) is 78.2 Å². The Morgan fingerprint density at radius 2 is 2.29 bits per heavy atom. The van der Waals surface area contributed by atoms with Crippen LogP contribution >= 0.6 is 0 Å². The smallest absolute Gasteiger partial charge is 0.142 e. The van der Waals surface area contributed by atoms with Gasteiger partial charge in [0.2, 0.25) is 0 Å². The summed E-state index contributed by atoms with van der Waals surface area (Å²) < 4.78 is 5.29. The Hall–Kier alpha value is -1.64. The van der Waals surface area contributed by atoms with Gasteiger partial charge in [-0.3, -0.25) is 0 Å². The molecule has 0 aromatic carbocycles. The van der Waals surface area contributed by atoms with E-state index in [1.807, 2.05) is 6.07 Å². The van der Waals surface area contributed by atoms with Crippen molar-refractivity contribution in [1.82, 2.24) is 4.98 Å². The predicted molar refractivity (Wildman–Crippen MR) is 62.4 cm³/mol. The fourth-order valence-corrected chi connectivity index (χ4v) is 1.96. The van der Waals surface area contributed by atoms with Crippen LogP contribution in [0.3, 0.4) is 0 Å². The maximum absolute atomic E-state index is 9.53.